The summed E-state index contributed by atoms with van der Waals surface area (Å²) in [6.45, 7) is 0. The van der Waals surface area contributed by atoms with Crippen molar-refractivity contribution in [2.45, 2.75) is 4.90 Å². The zero-order valence-corrected chi connectivity index (χ0v) is 18.4. The highest BCUT2D eigenvalue weighted by Gasteiger charge is 2.16. The summed E-state index contributed by atoms with van der Waals surface area (Å²) in [7, 11) is -3.81. The van der Waals surface area contributed by atoms with Crippen LogP contribution < -0.4 is 10.1 Å². The molecule has 0 saturated carbocycles. The number of hydrogen-bond donors (Lipinski definition) is 2. The molecule has 2 N–H and O–H groups in total. The van der Waals surface area contributed by atoms with Gasteiger partial charge in [0.15, 0.2) is 5.82 Å². The van der Waals surface area contributed by atoms with E-state index in [1.54, 1.807) is 36.4 Å². The van der Waals surface area contributed by atoms with Crippen molar-refractivity contribution in [1.82, 2.24) is 15.0 Å². The molecule has 4 rings (SSSR count). The van der Waals surface area contributed by atoms with E-state index in [0.717, 1.165) is 0 Å². The molecule has 0 atom stereocenters. The quantitative estimate of drug-likeness (QED) is 0.285. The molecule has 0 aliphatic carbocycles. The van der Waals surface area contributed by atoms with Crippen molar-refractivity contribution in [3.8, 4) is 11.3 Å². The van der Waals surface area contributed by atoms with Crippen LogP contribution in [0.3, 0.4) is 0 Å². The molecule has 0 amide bonds. The topological polar surface area (TPSA) is 122 Å². The molecule has 0 fully saturated rings. The molecular weight excluding hydrogens is 475 g/mol. The number of nitrogens with zero attached hydrogens (tertiary/aromatic N) is 4. The predicted octanol–water partition coefficient (Wildman–Crippen LogP) is 4.69. The molecule has 32 heavy (non-hydrogen) atoms. The summed E-state index contributed by atoms with van der Waals surface area (Å²) in [5.74, 6) is 1.36. The van der Waals surface area contributed by atoms with Crippen molar-refractivity contribution in [2.75, 3.05) is 10.1 Å². The lowest BCUT2D eigenvalue weighted by atomic mass is 10.2. The van der Waals surface area contributed by atoms with Gasteiger partial charge >= 0.3 is 0 Å². The Morgan fingerprint density at radius 1 is 1.00 bits per heavy atom. The van der Waals surface area contributed by atoms with Gasteiger partial charge in [0.1, 0.15) is 11.5 Å². The highest BCUT2D eigenvalue weighted by Crippen LogP contribution is 2.25. The number of hydrazone groups is 1. The van der Waals surface area contributed by atoms with E-state index in [1.807, 2.05) is 0 Å². The number of anilines is 2. The fraction of sp³-hybridized carbons (Fsp3) is 0. The van der Waals surface area contributed by atoms with Crippen LogP contribution >= 0.6 is 23.2 Å². The molecule has 4 aromatic rings. The smallest absolute Gasteiger partial charge is 0.264 e. The van der Waals surface area contributed by atoms with Crippen molar-refractivity contribution in [1.29, 1.82) is 0 Å². The van der Waals surface area contributed by atoms with E-state index in [1.165, 1.54) is 36.9 Å². The van der Waals surface area contributed by atoms with E-state index in [2.05, 4.69) is 30.2 Å². The van der Waals surface area contributed by atoms with Gasteiger partial charge in [0, 0.05) is 24.2 Å². The maximum atomic E-state index is 12.5. The standard InChI is InChI=1S/C20H14Cl2N6O3S/c21-14-10-17(22)19(25-11-14)27-26-12-15-4-7-18(31-15)13-2-5-16(6-3-13)32(29,30)28-20-23-8-1-9-24-20/h1-12H,(H,25,27)(H,23,24,28)/b26-12+. The van der Waals surface area contributed by atoms with Crippen molar-refractivity contribution >= 4 is 51.2 Å². The molecule has 3 heterocycles. The van der Waals surface area contributed by atoms with Crippen LogP contribution in [0.25, 0.3) is 11.3 Å². The Morgan fingerprint density at radius 2 is 1.75 bits per heavy atom. The maximum Gasteiger partial charge on any atom is 0.264 e. The zero-order valence-electron chi connectivity index (χ0n) is 16.1. The summed E-state index contributed by atoms with van der Waals surface area (Å²) in [5.41, 5.74) is 3.40. The van der Waals surface area contributed by atoms with Crippen molar-refractivity contribution < 1.29 is 12.8 Å². The Bertz CT molecular complexity index is 1360. The van der Waals surface area contributed by atoms with E-state index < -0.39 is 10.0 Å². The van der Waals surface area contributed by atoms with Gasteiger partial charge < -0.3 is 4.42 Å². The first-order chi connectivity index (χ1) is 15.4. The number of aromatic nitrogens is 3. The summed E-state index contributed by atoms with van der Waals surface area (Å²) in [4.78, 5) is 11.8. The van der Waals surface area contributed by atoms with Crippen LogP contribution in [0.5, 0.6) is 0 Å². The van der Waals surface area contributed by atoms with E-state index in [-0.39, 0.29) is 10.8 Å². The Kier molecular flexibility index (Phi) is 6.35. The molecule has 1 aromatic carbocycles. The van der Waals surface area contributed by atoms with Crippen LogP contribution in [-0.2, 0) is 10.0 Å². The lowest BCUT2D eigenvalue weighted by Crippen LogP contribution is -2.14. The molecule has 0 aliphatic rings. The Hall–Kier alpha value is -3.47. The lowest BCUT2D eigenvalue weighted by molar-refractivity contribution is 0.575. The van der Waals surface area contributed by atoms with Crippen LogP contribution in [0.2, 0.25) is 10.0 Å². The van der Waals surface area contributed by atoms with Crippen molar-refractivity contribution in [3.05, 3.63) is 82.9 Å². The summed E-state index contributed by atoms with van der Waals surface area (Å²) in [6, 6.07) is 12.8. The van der Waals surface area contributed by atoms with Crippen LogP contribution in [0.1, 0.15) is 5.76 Å². The van der Waals surface area contributed by atoms with Gasteiger partial charge in [-0.2, -0.15) is 5.10 Å². The Morgan fingerprint density at radius 3 is 2.47 bits per heavy atom. The summed E-state index contributed by atoms with van der Waals surface area (Å²) < 4.78 is 33.0. The molecule has 0 spiro atoms. The second-order valence-electron chi connectivity index (χ2n) is 6.26. The fourth-order valence-electron chi connectivity index (χ4n) is 2.56. The van der Waals surface area contributed by atoms with Gasteiger partial charge in [-0.1, -0.05) is 23.2 Å². The highest BCUT2D eigenvalue weighted by atomic mass is 35.5. The maximum absolute atomic E-state index is 12.5. The SMILES string of the molecule is O=S(=O)(Nc1ncccn1)c1ccc(-c2ccc(/C=N/Nc3ncc(Cl)cc3Cl)o2)cc1. The molecule has 0 saturated heterocycles. The minimum absolute atomic E-state index is 0.00441. The van der Waals surface area contributed by atoms with E-state index >= 15 is 0 Å². The zero-order chi connectivity index (χ0) is 22.6. The number of rotatable bonds is 7. The fourth-order valence-corrected chi connectivity index (χ4v) is 3.94. The minimum Gasteiger partial charge on any atom is -0.455 e. The Labute approximate surface area is 193 Å². The van der Waals surface area contributed by atoms with E-state index in [9.17, 15) is 8.42 Å². The summed E-state index contributed by atoms with van der Waals surface area (Å²) in [5, 5.41) is 4.79. The van der Waals surface area contributed by atoms with Gasteiger partial charge in [-0.15, -0.1) is 0 Å². The average molecular weight is 489 g/mol. The molecule has 0 unspecified atom stereocenters. The Balaban J connectivity index is 1.44. The number of nitrogens with one attached hydrogen (secondary N) is 2. The molecule has 0 aliphatic heterocycles. The molecule has 162 valence electrons. The van der Waals surface area contributed by atoms with Crippen LogP contribution in [0, 0.1) is 0 Å². The molecule has 9 nitrogen and oxygen atoms in total. The second kappa shape index (κ2) is 9.35. The van der Waals surface area contributed by atoms with Crippen LogP contribution in [0.4, 0.5) is 11.8 Å². The highest BCUT2D eigenvalue weighted by molar-refractivity contribution is 7.92. The third kappa shape index (κ3) is 5.22. The number of benzene rings is 1. The predicted molar refractivity (Wildman–Crippen MR) is 122 cm³/mol. The molecule has 3 aromatic heterocycles. The monoisotopic (exact) mass is 488 g/mol. The molecule has 0 bridgehead atoms. The third-order valence-corrected chi connectivity index (χ3v) is 5.88. The van der Waals surface area contributed by atoms with Crippen LogP contribution in [-0.4, -0.2) is 29.6 Å². The van der Waals surface area contributed by atoms with Gasteiger partial charge in [-0.3, -0.25) is 5.43 Å². The van der Waals surface area contributed by atoms with Crippen molar-refractivity contribution in [3.63, 3.8) is 0 Å². The number of pyridine rings is 1. The first kappa shape index (κ1) is 21.8. The van der Waals surface area contributed by atoms with Gasteiger partial charge in [0.2, 0.25) is 5.95 Å². The number of halogens is 2. The van der Waals surface area contributed by atoms with Gasteiger partial charge in [0.25, 0.3) is 10.0 Å². The lowest BCUT2D eigenvalue weighted by Gasteiger charge is -2.06. The number of sulfonamides is 1. The summed E-state index contributed by atoms with van der Waals surface area (Å²) >= 11 is 11.8. The van der Waals surface area contributed by atoms with Crippen LogP contribution in [0.15, 0.2) is 81.5 Å². The number of furan rings is 1. The normalized spacial score (nSPS) is 11.6. The van der Waals surface area contributed by atoms with Gasteiger partial charge in [-0.05, 0) is 48.5 Å². The second-order valence-corrected chi connectivity index (χ2v) is 8.78. The van der Waals surface area contributed by atoms with Gasteiger partial charge in [-0.25, -0.2) is 28.1 Å². The molecule has 12 heteroatoms. The minimum atomic E-state index is -3.81. The first-order valence-electron chi connectivity index (χ1n) is 9.01. The van der Waals surface area contributed by atoms with Crippen molar-refractivity contribution in [2.24, 2.45) is 5.10 Å². The average Bonchev–Trinajstić information content (AvgIpc) is 3.25. The van der Waals surface area contributed by atoms with E-state index in [4.69, 9.17) is 27.6 Å². The molecule has 0 radical (unpaired) electrons. The summed E-state index contributed by atoms with van der Waals surface area (Å²) in [6.07, 6.45) is 5.80. The third-order valence-electron chi connectivity index (χ3n) is 4.04. The largest absolute Gasteiger partial charge is 0.455 e. The molecular formula is C20H14Cl2N6O3S. The van der Waals surface area contributed by atoms with E-state index in [0.29, 0.717) is 32.9 Å². The van der Waals surface area contributed by atoms with Gasteiger partial charge in [0.05, 0.1) is 21.2 Å². The number of hydrogen-bond acceptors (Lipinski definition) is 8. The first-order valence-corrected chi connectivity index (χ1v) is 11.2.